The Morgan fingerprint density at radius 3 is 2.58 bits per heavy atom. The molecular weight excluding hydrogens is 304 g/mol. The van der Waals surface area contributed by atoms with Gasteiger partial charge in [0.1, 0.15) is 11.6 Å². The topological polar surface area (TPSA) is 64.3 Å². The number of hydrogen-bond acceptors (Lipinski definition) is 4. The molecule has 1 aromatic heterocycles. The molecule has 0 atom stereocenters. The van der Waals surface area contributed by atoms with Crippen molar-refractivity contribution >= 4 is 0 Å². The first-order chi connectivity index (χ1) is 11.7. The Hall–Kier alpha value is -2.30. The summed E-state index contributed by atoms with van der Waals surface area (Å²) in [6, 6.07) is 8.66. The summed E-state index contributed by atoms with van der Waals surface area (Å²) in [6.07, 6.45) is 6.47. The van der Waals surface area contributed by atoms with E-state index >= 15 is 0 Å². The van der Waals surface area contributed by atoms with Gasteiger partial charge in [-0.3, -0.25) is 9.36 Å². The van der Waals surface area contributed by atoms with Crippen molar-refractivity contribution in [3.05, 3.63) is 46.5 Å². The lowest BCUT2D eigenvalue weighted by Crippen LogP contribution is -2.25. The molecule has 3 rings (SSSR count). The van der Waals surface area contributed by atoms with Gasteiger partial charge in [-0.15, -0.1) is 0 Å². The first-order valence-corrected chi connectivity index (χ1v) is 8.75. The van der Waals surface area contributed by atoms with Crippen LogP contribution in [0.25, 0.3) is 5.69 Å². The van der Waals surface area contributed by atoms with E-state index in [9.17, 15) is 9.90 Å². The number of aromatic hydroxyl groups is 1. The fourth-order valence-electron chi connectivity index (χ4n) is 3.29. The van der Waals surface area contributed by atoms with Crippen molar-refractivity contribution in [2.45, 2.75) is 51.4 Å². The highest BCUT2D eigenvalue weighted by Crippen LogP contribution is 2.32. The SMILES string of the molecule is CCCOc1ccc(-n2c(C3CCCCC3)nc(O)cc2=O)cc1. The summed E-state index contributed by atoms with van der Waals surface area (Å²) in [6.45, 7) is 2.74. The number of nitrogens with zero attached hydrogens (tertiary/aromatic N) is 2. The number of aromatic nitrogens is 2. The van der Waals surface area contributed by atoms with Crippen molar-refractivity contribution in [1.29, 1.82) is 0 Å². The minimum atomic E-state index is -0.245. The zero-order valence-corrected chi connectivity index (χ0v) is 14.1. The van der Waals surface area contributed by atoms with E-state index in [0.29, 0.717) is 12.4 Å². The standard InChI is InChI=1S/C19H24N2O3/c1-2-12-24-16-10-8-15(9-11-16)21-18(23)13-17(22)20-19(21)14-6-4-3-5-7-14/h8-11,13-14,22H,2-7,12H2,1H3. The van der Waals surface area contributed by atoms with Crippen molar-refractivity contribution in [1.82, 2.24) is 9.55 Å². The molecule has 1 aliphatic rings. The second-order valence-electron chi connectivity index (χ2n) is 6.32. The van der Waals surface area contributed by atoms with Gasteiger partial charge >= 0.3 is 0 Å². The molecule has 5 nitrogen and oxygen atoms in total. The molecule has 0 saturated heterocycles. The largest absolute Gasteiger partial charge is 0.494 e. The van der Waals surface area contributed by atoms with Gasteiger partial charge in [0.2, 0.25) is 5.88 Å². The predicted molar refractivity (Wildman–Crippen MR) is 93.1 cm³/mol. The monoisotopic (exact) mass is 328 g/mol. The molecule has 128 valence electrons. The number of hydrogen-bond donors (Lipinski definition) is 1. The Balaban J connectivity index is 1.98. The van der Waals surface area contributed by atoms with Crippen molar-refractivity contribution in [2.75, 3.05) is 6.61 Å². The molecule has 0 aliphatic heterocycles. The molecule has 0 radical (unpaired) electrons. The Labute approximate surface area is 141 Å². The lowest BCUT2D eigenvalue weighted by Gasteiger charge is -2.24. The van der Waals surface area contributed by atoms with Crippen molar-refractivity contribution in [2.24, 2.45) is 0 Å². The molecular formula is C19H24N2O3. The van der Waals surface area contributed by atoms with E-state index in [4.69, 9.17) is 4.74 Å². The summed E-state index contributed by atoms with van der Waals surface area (Å²) in [7, 11) is 0. The first-order valence-electron chi connectivity index (χ1n) is 8.75. The summed E-state index contributed by atoms with van der Waals surface area (Å²) in [4.78, 5) is 16.8. The van der Waals surface area contributed by atoms with E-state index in [1.54, 1.807) is 4.57 Å². The molecule has 0 bridgehead atoms. The highest BCUT2D eigenvalue weighted by molar-refractivity contribution is 5.39. The molecule has 5 heteroatoms. The third kappa shape index (κ3) is 3.61. The van der Waals surface area contributed by atoms with Crippen LogP contribution >= 0.6 is 0 Å². The quantitative estimate of drug-likeness (QED) is 0.907. The third-order valence-corrected chi connectivity index (χ3v) is 4.47. The van der Waals surface area contributed by atoms with Crippen LogP contribution in [0, 0.1) is 0 Å². The number of ether oxygens (including phenoxy) is 1. The van der Waals surface area contributed by atoms with E-state index in [1.165, 1.54) is 12.5 Å². The van der Waals surface area contributed by atoms with E-state index < -0.39 is 0 Å². The van der Waals surface area contributed by atoms with Gasteiger partial charge in [-0.25, -0.2) is 0 Å². The minimum absolute atomic E-state index is 0.195. The van der Waals surface area contributed by atoms with Crippen LogP contribution < -0.4 is 10.3 Å². The van der Waals surface area contributed by atoms with Gasteiger partial charge in [0.15, 0.2) is 0 Å². The van der Waals surface area contributed by atoms with Gasteiger partial charge in [0, 0.05) is 5.92 Å². The van der Waals surface area contributed by atoms with Gasteiger partial charge in [0.05, 0.1) is 18.4 Å². The Morgan fingerprint density at radius 2 is 1.92 bits per heavy atom. The number of benzene rings is 1. The average molecular weight is 328 g/mol. The maximum absolute atomic E-state index is 12.5. The van der Waals surface area contributed by atoms with Crippen LogP contribution in [-0.2, 0) is 0 Å². The predicted octanol–water partition coefficient (Wildman–Crippen LogP) is 3.77. The van der Waals surface area contributed by atoms with E-state index in [1.807, 2.05) is 24.3 Å². The fraction of sp³-hybridized carbons (Fsp3) is 0.474. The minimum Gasteiger partial charge on any atom is -0.494 e. The van der Waals surface area contributed by atoms with Crippen molar-refractivity contribution in [3.63, 3.8) is 0 Å². The summed E-state index contributed by atoms with van der Waals surface area (Å²) in [5.41, 5.74) is 0.516. The molecule has 1 N–H and O–H groups in total. The second kappa shape index (κ2) is 7.51. The van der Waals surface area contributed by atoms with Crippen molar-refractivity contribution < 1.29 is 9.84 Å². The summed E-state index contributed by atoms with van der Waals surface area (Å²) < 4.78 is 7.22. The Morgan fingerprint density at radius 1 is 1.21 bits per heavy atom. The maximum atomic E-state index is 12.5. The first kappa shape index (κ1) is 16.6. The van der Waals surface area contributed by atoms with Gasteiger partial charge < -0.3 is 9.84 Å². The van der Waals surface area contributed by atoms with E-state index in [-0.39, 0.29) is 17.4 Å². The molecule has 24 heavy (non-hydrogen) atoms. The average Bonchev–Trinajstić information content (AvgIpc) is 2.61. The molecule has 0 spiro atoms. The third-order valence-electron chi connectivity index (χ3n) is 4.47. The molecule has 1 aromatic carbocycles. The molecule has 0 unspecified atom stereocenters. The van der Waals surface area contributed by atoms with Gasteiger partial charge in [-0.2, -0.15) is 4.98 Å². The Bertz CT molecular complexity index is 731. The fourth-order valence-corrected chi connectivity index (χ4v) is 3.29. The van der Waals surface area contributed by atoms with Crippen LogP contribution in [-0.4, -0.2) is 21.3 Å². The lowest BCUT2D eigenvalue weighted by atomic mass is 9.88. The van der Waals surface area contributed by atoms with Crippen molar-refractivity contribution in [3.8, 4) is 17.3 Å². The summed E-state index contributed by atoms with van der Waals surface area (Å²) in [5, 5.41) is 9.79. The molecule has 2 aromatic rings. The molecule has 1 aliphatic carbocycles. The summed E-state index contributed by atoms with van der Waals surface area (Å²) >= 11 is 0. The highest BCUT2D eigenvalue weighted by Gasteiger charge is 2.22. The second-order valence-corrected chi connectivity index (χ2v) is 6.32. The molecule has 0 amide bonds. The summed E-state index contributed by atoms with van der Waals surface area (Å²) in [5.74, 6) is 1.48. The normalized spacial score (nSPS) is 15.4. The zero-order chi connectivity index (χ0) is 16.9. The van der Waals surface area contributed by atoms with Crippen LogP contribution in [0.2, 0.25) is 0 Å². The van der Waals surface area contributed by atoms with Crippen LogP contribution in [0.15, 0.2) is 35.1 Å². The van der Waals surface area contributed by atoms with E-state index in [0.717, 1.165) is 43.5 Å². The van der Waals surface area contributed by atoms with Crippen LogP contribution in [0.5, 0.6) is 11.6 Å². The van der Waals surface area contributed by atoms with Crippen LogP contribution in [0.3, 0.4) is 0 Å². The van der Waals surface area contributed by atoms with Gasteiger partial charge in [0.25, 0.3) is 5.56 Å². The number of rotatable bonds is 5. The maximum Gasteiger partial charge on any atom is 0.261 e. The van der Waals surface area contributed by atoms with Crippen LogP contribution in [0.1, 0.15) is 57.2 Å². The lowest BCUT2D eigenvalue weighted by molar-refractivity contribution is 0.317. The highest BCUT2D eigenvalue weighted by atomic mass is 16.5. The van der Waals surface area contributed by atoms with Gasteiger partial charge in [-0.05, 0) is 43.5 Å². The molecule has 1 heterocycles. The van der Waals surface area contributed by atoms with Crippen LogP contribution in [0.4, 0.5) is 0 Å². The Kier molecular flexibility index (Phi) is 5.18. The van der Waals surface area contributed by atoms with Gasteiger partial charge in [-0.1, -0.05) is 26.2 Å². The van der Waals surface area contributed by atoms with E-state index in [2.05, 4.69) is 11.9 Å². The molecule has 1 fully saturated rings. The molecule has 1 saturated carbocycles. The zero-order valence-electron chi connectivity index (χ0n) is 14.1. The smallest absolute Gasteiger partial charge is 0.261 e.